The Morgan fingerprint density at radius 1 is 0.969 bits per heavy atom. The van der Waals surface area contributed by atoms with Crippen LogP contribution in [-0.4, -0.2) is 25.2 Å². The lowest BCUT2D eigenvalue weighted by molar-refractivity contribution is -0.122. The molecule has 0 heterocycles. The summed E-state index contributed by atoms with van der Waals surface area (Å²) in [6.07, 6.45) is 0. The average Bonchev–Trinajstić information content (AvgIpc) is 2.75. The number of benzene rings is 3. The van der Waals surface area contributed by atoms with Gasteiger partial charge in [0.25, 0.3) is 0 Å². The standard InChI is InChI=1S/C24H24Br2N2O3S/c1-17-6-8-19(9-7-17)15-28(32(30,31)23-12-10-21(25)11-13-23)16-24(29)27-18(2)20-4-3-5-22(26)14-20/h3-14,18H,15-16H2,1-2H3,(H,27,29)/t18-/m0/s1. The van der Waals surface area contributed by atoms with Crippen molar-refractivity contribution in [1.82, 2.24) is 9.62 Å². The number of carbonyl (C=O) groups excluding carboxylic acids is 1. The molecule has 0 bridgehead atoms. The van der Waals surface area contributed by atoms with Gasteiger partial charge in [0.2, 0.25) is 15.9 Å². The Bertz CT molecular complexity index is 1180. The van der Waals surface area contributed by atoms with Crippen LogP contribution >= 0.6 is 31.9 Å². The first-order valence-electron chi connectivity index (χ1n) is 10.0. The Hall–Kier alpha value is -2.00. The zero-order valence-electron chi connectivity index (χ0n) is 17.8. The van der Waals surface area contributed by atoms with Gasteiger partial charge in [0.05, 0.1) is 17.5 Å². The van der Waals surface area contributed by atoms with Crippen molar-refractivity contribution in [3.63, 3.8) is 0 Å². The Morgan fingerprint density at radius 2 is 1.62 bits per heavy atom. The first-order chi connectivity index (χ1) is 15.1. The quantitative estimate of drug-likeness (QED) is 0.378. The van der Waals surface area contributed by atoms with Crippen LogP contribution in [0.5, 0.6) is 0 Å². The van der Waals surface area contributed by atoms with E-state index in [1.54, 1.807) is 12.1 Å². The molecular formula is C24H24Br2N2O3S. The van der Waals surface area contributed by atoms with Crippen molar-refractivity contribution in [3.8, 4) is 0 Å². The van der Waals surface area contributed by atoms with Crippen molar-refractivity contribution in [2.75, 3.05) is 6.54 Å². The molecule has 0 aliphatic rings. The number of amides is 1. The van der Waals surface area contributed by atoms with E-state index in [0.717, 1.165) is 25.6 Å². The molecule has 0 aromatic heterocycles. The van der Waals surface area contributed by atoms with Crippen LogP contribution in [0.2, 0.25) is 0 Å². The monoisotopic (exact) mass is 578 g/mol. The molecular weight excluding hydrogens is 556 g/mol. The number of rotatable bonds is 8. The molecule has 8 heteroatoms. The average molecular weight is 580 g/mol. The second kappa shape index (κ2) is 10.7. The van der Waals surface area contributed by atoms with E-state index in [4.69, 9.17) is 0 Å². The summed E-state index contributed by atoms with van der Waals surface area (Å²) in [6.45, 7) is 3.64. The molecule has 3 aromatic carbocycles. The summed E-state index contributed by atoms with van der Waals surface area (Å²) >= 11 is 6.76. The first-order valence-corrected chi connectivity index (χ1v) is 13.0. The van der Waals surface area contributed by atoms with Gasteiger partial charge in [-0.2, -0.15) is 4.31 Å². The maximum Gasteiger partial charge on any atom is 0.243 e. The smallest absolute Gasteiger partial charge is 0.243 e. The number of nitrogens with one attached hydrogen (secondary N) is 1. The maximum atomic E-state index is 13.4. The molecule has 168 valence electrons. The van der Waals surface area contributed by atoms with Gasteiger partial charge in [0.1, 0.15) is 0 Å². The van der Waals surface area contributed by atoms with E-state index in [0.29, 0.717) is 0 Å². The van der Waals surface area contributed by atoms with Crippen LogP contribution < -0.4 is 5.32 Å². The lowest BCUT2D eigenvalue weighted by Crippen LogP contribution is -2.41. The van der Waals surface area contributed by atoms with Gasteiger partial charge in [-0.15, -0.1) is 0 Å². The van der Waals surface area contributed by atoms with Crippen LogP contribution in [0, 0.1) is 6.92 Å². The molecule has 0 saturated carbocycles. The van der Waals surface area contributed by atoms with E-state index in [2.05, 4.69) is 37.2 Å². The number of hydrogen-bond donors (Lipinski definition) is 1. The van der Waals surface area contributed by atoms with E-state index in [9.17, 15) is 13.2 Å². The van der Waals surface area contributed by atoms with Gasteiger partial charge in [-0.1, -0.05) is 73.8 Å². The van der Waals surface area contributed by atoms with Crippen molar-refractivity contribution in [1.29, 1.82) is 0 Å². The Balaban J connectivity index is 1.83. The third kappa shape index (κ3) is 6.51. The van der Waals surface area contributed by atoms with Gasteiger partial charge < -0.3 is 5.32 Å². The molecule has 1 atom stereocenters. The van der Waals surface area contributed by atoms with Gasteiger partial charge in [-0.3, -0.25) is 4.79 Å². The Kier molecular flexibility index (Phi) is 8.27. The highest BCUT2D eigenvalue weighted by molar-refractivity contribution is 9.10. The van der Waals surface area contributed by atoms with Crippen molar-refractivity contribution in [3.05, 3.63) is 98.4 Å². The molecule has 32 heavy (non-hydrogen) atoms. The van der Waals surface area contributed by atoms with E-state index < -0.39 is 10.0 Å². The molecule has 0 aliphatic carbocycles. The summed E-state index contributed by atoms with van der Waals surface area (Å²) in [7, 11) is -3.88. The minimum Gasteiger partial charge on any atom is -0.348 e. The Labute approximate surface area is 206 Å². The van der Waals surface area contributed by atoms with E-state index in [1.807, 2.05) is 62.4 Å². The molecule has 0 fully saturated rings. The van der Waals surface area contributed by atoms with E-state index >= 15 is 0 Å². The lowest BCUT2D eigenvalue weighted by atomic mass is 10.1. The largest absolute Gasteiger partial charge is 0.348 e. The predicted molar refractivity (Wildman–Crippen MR) is 134 cm³/mol. The highest BCUT2D eigenvalue weighted by atomic mass is 79.9. The fourth-order valence-electron chi connectivity index (χ4n) is 3.19. The SMILES string of the molecule is Cc1ccc(CN(CC(=O)N[C@@H](C)c2cccc(Br)c2)S(=O)(=O)c2ccc(Br)cc2)cc1. The van der Waals surface area contributed by atoms with E-state index in [-0.39, 0.29) is 29.9 Å². The van der Waals surface area contributed by atoms with Crippen molar-refractivity contribution < 1.29 is 13.2 Å². The van der Waals surface area contributed by atoms with E-state index in [1.165, 1.54) is 16.4 Å². The van der Waals surface area contributed by atoms with Gasteiger partial charge >= 0.3 is 0 Å². The summed E-state index contributed by atoms with van der Waals surface area (Å²) in [5, 5.41) is 2.91. The Morgan fingerprint density at radius 3 is 2.25 bits per heavy atom. The molecule has 0 spiro atoms. The normalized spacial score (nSPS) is 12.5. The van der Waals surface area contributed by atoms with Crippen LogP contribution in [0.1, 0.15) is 29.7 Å². The highest BCUT2D eigenvalue weighted by Gasteiger charge is 2.27. The molecule has 1 N–H and O–H groups in total. The molecule has 0 saturated heterocycles. The van der Waals surface area contributed by atoms with Crippen LogP contribution in [0.15, 0.2) is 86.6 Å². The zero-order chi connectivity index (χ0) is 23.3. The predicted octanol–water partition coefficient (Wildman–Crippen LogP) is 5.59. The third-order valence-electron chi connectivity index (χ3n) is 4.98. The third-order valence-corrected chi connectivity index (χ3v) is 7.80. The number of hydrogen-bond acceptors (Lipinski definition) is 3. The van der Waals surface area contributed by atoms with Crippen LogP contribution in [0.4, 0.5) is 0 Å². The molecule has 0 radical (unpaired) electrons. The highest BCUT2D eigenvalue weighted by Crippen LogP contribution is 2.22. The van der Waals surface area contributed by atoms with Crippen LogP contribution in [0.3, 0.4) is 0 Å². The number of nitrogens with zero attached hydrogens (tertiary/aromatic N) is 1. The number of halogens is 2. The molecule has 3 aromatic rings. The fourth-order valence-corrected chi connectivity index (χ4v) is 5.25. The number of sulfonamides is 1. The minimum atomic E-state index is -3.88. The molecule has 0 unspecified atom stereocenters. The fraction of sp³-hybridized carbons (Fsp3) is 0.208. The zero-order valence-corrected chi connectivity index (χ0v) is 21.7. The molecule has 5 nitrogen and oxygen atoms in total. The minimum absolute atomic E-state index is 0.0946. The van der Waals surface area contributed by atoms with Crippen molar-refractivity contribution in [2.45, 2.75) is 31.3 Å². The lowest BCUT2D eigenvalue weighted by Gasteiger charge is -2.23. The second-order valence-corrected chi connectivity index (χ2v) is 11.3. The van der Waals surface area contributed by atoms with Crippen LogP contribution in [-0.2, 0) is 21.4 Å². The van der Waals surface area contributed by atoms with Gasteiger partial charge in [0.15, 0.2) is 0 Å². The van der Waals surface area contributed by atoms with Crippen molar-refractivity contribution >= 4 is 47.8 Å². The second-order valence-electron chi connectivity index (χ2n) is 7.56. The summed E-state index contributed by atoms with van der Waals surface area (Å²) in [5.41, 5.74) is 2.81. The number of carbonyl (C=O) groups is 1. The molecule has 3 rings (SSSR count). The number of aryl methyl sites for hydroxylation is 1. The van der Waals surface area contributed by atoms with Crippen LogP contribution in [0.25, 0.3) is 0 Å². The summed E-state index contributed by atoms with van der Waals surface area (Å²) in [6, 6.07) is 21.4. The van der Waals surface area contributed by atoms with Gasteiger partial charge in [-0.05, 0) is 61.4 Å². The maximum absolute atomic E-state index is 13.4. The summed E-state index contributed by atoms with van der Waals surface area (Å²) in [5.74, 6) is -0.370. The van der Waals surface area contributed by atoms with Gasteiger partial charge in [-0.25, -0.2) is 8.42 Å². The molecule has 0 aliphatic heterocycles. The van der Waals surface area contributed by atoms with Gasteiger partial charge in [0, 0.05) is 15.5 Å². The van der Waals surface area contributed by atoms with Crippen molar-refractivity contribution in [2.24, 2.45) is 0 Å². The molecule has 1 amide bonds. The topological polar surface area (TPSA) is 66.5 Å². The summed E-state index contributed by atoms with van der Waals surface area (Å²) < 4.78 is 29.7. The summed E-state index contributed by atoms with van der Waals surface area (Å²) in [4.78, 5) is 13.0. The first kappa shape index (κ1) is 24.6.